The van der Waals surface area contributed by atoms with Crippen LogP contribution in [0.4, 0.5) is 5.82 Å². The Morgan fingerprint density at radius 2 is 2.00 bits per heavy atom. The number of benzene rings is 1. The van der Waals surface area contributed by atoms with Crippen molar-refractivity contribution in [3.8, 4) is 0 Å². The van der Waals surface area contributed by atoms with Crippen molar-refractivity contribution in [1.29, 1.82) is 0 Å². The average Bonchev–Trinajstić information content (AvgIpc) is 2.37. The Morgan fingerprint density at radius 3 is 2.67 bits per heavy atom. The molecule has 0 unspecified atom stereocenters. The Bertz CT molecular complexity index is 560. The summed E-state index contributed by atoms with van der Waals surface area (Å²) < 4.78 is 0. The number of rotatable bonds is 4. The quantitative estimate of drug-likeness (QED) is 0.480. The topological polar surface area (TPSA) is 55.2 Å². The molecule has 0 aliphatic carbocycles. The van der Waals surface area contributed by atoms with E-state index in [2.05, 4.69) is 15.1 Å². The molecule has 18 heavy (non-hydrogen) atoms. The fraction of sp³-hybridized carbons (Fsp3) is 0.167. The summed E-state index contributed by atoms with van der Waals surface area (Å²) in [6.45, 7) is 1.81. The van der Waals surface area contributed by atoms with Crippen molar-refractivity contribution in [3.05, 3.63) is 51.5 Å². The molecule has 2 aromatic rings. The second-order valence-electron chi connectivity index (χ2n) is 3.66. The van der Waals surface area contributed by atoms with E-state index in [1.54, 1.807) is 6.07 Å². The summed E-state index contributed by atoms with van der Waals surface area (Å²) >= 11 is 7.27. The number of halogens is 1. The third-order valence-electron chi connectivity index (χ3n) is 2.19. The van der Waals surface area contributed by atoms with Gasteiger partial charge in [0.25, 0.3) is 0 Å². The van der Waals surface area contributed by atoms with Crippen LogP contribution in [-0.4, -0.2) is 9.97 Å². The highest BCUT2D eigenvalue weighted by Gasteiger charge is 2.04. The van der Waals surface area contributed by atoms with E-state index in [1.807, 2.05) is 31.2 Å². The first-order valence-corrected chi connectivity index (χ1v) is 6.60. The maximum absolute atomic E-state index is 10.5. The van der Waals surface area contributed by atoms with Crippen LogP contribution in [0.25, 0.3) is 0 Å². The van der Waals surface area contributed by atoms with E-state index in [9.17, 15) is 4.91 Å². The molecule has 0 saturated heterocycles. The minimum atomic E-state index is 0.168. The molecule has 0 fully saturated rings. The fourth-order valence-electron chi connectivity index (χ4n) is 1.37. The highest BCUT2D eigenvalue weighted by atomic mass is 35.5. The number of aromatic nitrogens is 2. The van der Waals surface area contributed by atoms with E-state index in [4.69, 9.17) is 11.6 Å². The summed E-state index contributed by atoms with van der Waals surface area (Å²) in [5.74, 6) is 0.889. The Kier molecular flexibility index (Phi) is 4.28. The predicted molar refractivity (Wildman–Crippen MR) is 73.2 cm³/mol. The van der Waals surface area contributed by atoms with Gasteiger partial charge >= 0.3 is 0 Å². The first kappa shape index (κ1) is 13.0. The van der Waals surface area contributed by atoms with Gasteiger partial charge in [0.05, 0.1) is 0 Å². The molecule has 0 bridgehead atoms. The molecule has 0 spiro atoms. The van der Waals surface area contributed by atoms with E-state index in [0.717, 1.165) is 17.0 Å². The second kappa shape index (κ2) is 5.93. The molecule has 0 aliphatic heterocycles. The standard InChI is InChI=1S/C12H10ClN3OS/c1-8-6-11(16-17)15-12(14-8)18-7-9-2-4-10(13)5-3-9/h2-6H,7H2,1H3. The second-order valence-corrected chi connectivity index (χ2v) is 5.04. The summed E-state index contributed by atoms with van der Waals surface area (Å²) in [5.41, 5.74) is 1.85. The van der Waals surface area contributed by atoms with E-state index < -0.39 is 0 Å². The Hall–Kier alpha value is -1.46. The minimum Gasteiger partial charge on any atom is -0.228 e. The van der Waals surface area contributed by atoms with Crippen LogP contribution in [0.15, 0.2) is 40.7 Å². The number of hydrogen-bond acceptors (Lipinski definition) is 5. The molecule has 0 amide bonds. The van der Waals surface area contributed by atoms with Crippen LogP contribution >= 0.6 is 23.4 Å². The van der Waals surface area contributed by atoms with Gasteiger partial charge in [-0.3, -0.25) is 0 Å². The van der Waals surface area contributed by atoms with Crippen molar-refractivity contribution < 1.29 is 0 Å². The summed E-state index contributed by atoms with van der Waals surface area (Å²) in [5, 5.41) is 4.09. The van der Waals surface area contributed by atoms with Crippen molar-refractivity contribution in [2.45, 2.75) is 17.8 Å². The van der Waals surface area contributed by atoms with Crippen LogP contribution in [0.5, 0.6) is 0 Å². The normalized spacial score (nSPS) is 10.3. The van der Waals surface area contributed by atoms with Crippen molar-refractivity contribution in [3.63, 3.8) is 0 Å². The smallest absolute Gasteiger partial charge is 0.200 e. The number of aryl methyl sites for hydroxylation is 1. The lowest BCUT2D eigenvalue weighted by atomic mass is 10.2. The lowest BCUT2D eigenvalue weighted by Crippen LogP contribution is -1.90. The maximum atomic E-state index is 10.5. The number of thioether (sulfide) groups is 1. The van der Waals surface area contributed by atoms with Gasteiger partial charge in [0, 0.05) is 22.5 Å². The molecule has 0 saturated carbocycles. The summed E-state index contributed by atoms with van der Waals surface area (Å²) in [4.78, 5) is 18.7. The highest BCUT2D eigenvalue weighted by Crippen LogP contribution is 2.22. The molecule has 6 heteroatoms. The molecule has 1 heterocycles. The first-order valence-electron chi connectivity index (χ1n) is 5.23. The van der Waals surface area contributed by atoms with E-state index in [1.165, 1.54) is 11.8 Å². The highest BCUT2D eigenvalue weighted by molar-refractivity contribution is 7.98. The molecule has 0 radical (unpaired) electrons. The third-order valence-corrected chi connectivity index (χ3v) is 3.37. The zero-order valence-corrected chi connectivity index (χ0v) is 11.2. The fourth-order valence-corrected chi connectivity index (χ4v) is 2.35. The van der Waals surface area contributed by atoms with Gasteiger partial charge in [-0.15, -0.1) is 4.91 Å². The summed E-state index contributed by atoms with van der Waals surface area (Å²) in [7, 11) is 0. The van der Waals surface area contributed by atoms with Crippen LogP contribution in [0.3, 0.4) is 0 Å². The number of nitroso groups, excluding NO2 is 1. The van der Waals surface area contributed by atoms with Gasteiger partial charge < -0.3 is 0 Å². The van der Waals surface area contributed by atoms with Crippen molar-refractivity contribution >= 4 is 29.2 Å². The van der Waals surface area contributed by atoms with Crippen molar-refractivity contribution in [1.82, 2.24) is 9.97 Å². The number of hydrogen-bond donors (Lipinski definition) is 0. The largest absolute Gasteiger partial charge is 0.228 e. The van der Waals surface area contributed by atoms with Gasteiger partial charge in [-0.25, -0.2) is 4.98 Å². The van der Waals surface area contributed by atoms with Crippen LogP contribution in [-0.2, 0) is 5.75 Å². The van der Waals surface area contributed by atoms with Crippen LogP contribution in [0.2, 0.25) is 5.02 Å². The van der Waals surface area contributed by atoms with Gasteiger partial charge in [-0.2, -0.15) is 4.98 Å². The Balaban J connectivity index is 2.08. The Labute approximate surface area is 114 Å². The van der Waals surface area contributed by atoms with Crippen LogP contribution in [0, 0.1) is 11.8 Å². The molecular formula is C12H10ClN3OS. The molecule has 92 valence electrons. The molecule has 2 rings (SSSR count). The van der Waals surface area contributed by atoms with E-state index >= 15 is 0 Å². The Morgan fingerprint density at radius 1 is 1.28 bits per heavy atom. The molecule has 1 aromatic carbocycles. The molecular weight excluding hydrogens is 270 g/mol. The van der Waals surface area contributed by atoms with Crippen LogP contribution in [0.1, 0.15) is 11.3 Å². The molecule has 1 aromatic heterocycles. The SMILES string of the molecule is Cc1cc(N=O)nc(SCc2ccc(Cl)cc2)n1. The maximum Gasteiger partial charge on any atom is 0.200 e. The van der Waals surface area contributed by atoms with E-state index in [0.29, 0.717) is 10.2 Å². The zero-order chi connectivity index (χ0) is 13.0. The van der Waals surface area contributed by atoms with Crippen molar-refractivity contribution in [2.24, 2.45) is 5.18 Å². The summed E-state index contributed by atoms with van der Waals surface area (Å²) in [6, 6.07) is 9.13. The van der Waals surface area contributed by atoms with Gasteiger partial charge in [0.15, 0.2) is 5.16 Å². The lowest BCUT2D eigenvalue weighted by molar-refractivity contribution is 0.929. The average molecular weight is 280 g/mol. The van der Waals surface area contributed by atoms with Gasteiger partial charge in [0.2, 0.25) is 5.82 Å². The van der Waals surface area contributed by atoms with Crippen molar-refractivity contribution in [2.75, 3.05) is 0 Å². The van der Waals surface area contributed by atoms with Gasteiger partial charge in [-0.1, -0.05) is 35.5 Å². The summed E-state index contributed by atoms with van der Waals surface area (Å²) in [6.07, 6.45) is 0. The van der Waals surface area contributed by atoms with Crippen LogP contribution < -0.4 is 0 Å². The molecule has 0 aliphatic rings. The predicted octanol–water partition coefficient (Wildman–Crippen LogP) is 4.13. The zero-order valence-electron chi connectivity index (χ0n) is 9.63. The molecule has 0 atom stereocenters. The minimum absolute atomic E-state index is 0.168. The molecule has 4 nitrogen and oxygen atoms in total. The third kappa shape index (κ3) is 3.51. The first-order chi connectivity index (χ1) is 8.67. The lowest BCUT2D eigenvalue weighted by Gasteiger charge is -2.02. The monoisotopic (exact) mass is 279 g/mol. The van der Waals surface area contributed by atoms with E-state index in [-0.39, 0.29) is 5.82 Å². The van der Waals surface area contributed by atoms with Gasteiger partial charge in [-0.05, 0) is 29.8 Å². The van der Waals surface area contributed by atoms with Gasteiger partial charge in [0.1, 0.15) is 0 Å². The molecule has 0 N–H and O–H groups in total. The number of nitrogens with zero attached hydrogens (tertiary/aromatic N) is 3.